The summed E-state index contributed by atoms with van der Waals surface area (Å²) in [5.41, 5.74) is 0.993. The number of carbonyl (C=O) groups is 1. The molecular formula is C15H19N3O3. The molecule has 1 aliphatic heterocycles. The molecule has 1 saturated heterocycles. The third-order valence-corrected chi connectivity index (χ3v) is 3.66. The molecule has 1 aliphatic rings. The molecule has 1 atom stereocenters. The van der Waals surface area contributed by atoms with Crippen molar-refractivity contribution in [1.82, 2.24) is 15.1 Å². The summed E-state index contributed by atoms with van der Waals surface area (Å²) < 4.78 is 5.74. The molecule has 0 saturated carbocycles. The van der Waals surface area contributed by atoms with Crippen molar-refractivity contribution in [3.05, 3.63) is 30.0 Å². The smallest absolute Gasteiger partial charge is 0.254 e. The second-order valence-corrected chi connectivity index (χ2v) is 6.04. The molecule has 1 fully saturated rings. The third kappa shape index (κ3) is 2.77. The monoisotopic (exact) mass is 289 g/mol. The number of fused-ring (bicyclic) bond motifs is 1. The predicted octanol–water partition coefficient (Wildman–Crippen LogP) is 1.17. The van der Waals surface area contributed by atoms with Crippen LogP contribution in [0.1, 0.15) is 24.2 Å². The summed E-state index contributed by atoms with van der Waals surface area (Å²) in [6, 6.07) is 5.48. The number of nitrogens with one attached hydrogen (secondary N) is 1. The van der Waals surface area contributed by atoms with E-state index >= 15 is 0 Å². The first kappa shape index (κ1) is 14.0. The van der Waals surface area contributed by atoms with Crippen molar-refractivity contribution in [2.45, 2.75) is 25.6 Å². The summed E-state index contributed by atoms with van der Waals surface area (Å²) >= 11 is 0. The fourth-order valence-electron chi connectivity index (χ4n) is 2.80. The number of aliphatic hydroxyl groups excluding tert-OH is 1. The summed E-state index contributed by atoms with van der Waals surface area (Å²) in [5, 5.41) is 17.1. The lowest BCUT2D eigenvalue weighted by Crippen LogP contribution is -2.55. The number of aromatic amines is 1. The first-order valence-electron chi connectivity index (χ1n) is 6.99. The predicted molar refractivity (Wildman–Crippen MR) is 78.0 cm³/mol. The van der Waals surface area contributed by atoms with E-state index < -0.39 is 5.60 Å². The Labute approximate surface area is 122 Å². The van der Waals surface area contributed by atoms with Crippen LogP contribution in [-0.2, 0) is 4.74 Å². The number of benzene rings is 1. The van der Waals surface area contributed by atoms with E-state index in [9.17, 15) is 9.90 Å². The topological polar surface area (TPSA) is 78.5 Å². The van der Waals surface area contributed by atoms with Crippen LogP contribution < -0.4 is 0 Å². The molecule has 0 spiro atoms. The highest BCUT2D eigenvalue weighted by atomic mass is 16.5. The number of amides is 1. The van der Waals surface area contributed by atoms with Gasteiger partial charge in [0.1, 0.15) is 0 Å². The van der Waals surface area contributed by atoms with Crippen molar-refractivity contribution >= 4 is 16.8 Å². The number of ether oxygens (including phenoxy) is 1. The molecule has 1 unspecified atom stereocenters. The molecule has 2 N–H and O–H groups in total. The highest BCUT2D eigenvalue weighted by Gasteiger charge is 2.35. The van der Waals surface area contributed by atoms with Crippen LogP contribution in [0, 0.1) is 0 Å². The standard InChI is InChI=1S/C15H19N3O3/c1-15(2)9-18(7-12(8-19)21-15)14(20)10-3-4-11-6-16-17-13(11)5-10/h3-6,12,19H,7-9H2,1-2H3,(H,16,17). The molecular weight excluding hydrogens is 270 g/mol. The van der Waals surface area contributed by atoms with Crippen LogP contribution in [0.25, 0.3) is 10.9 Å². The summed E-state index contributed by atoms with van der Waals surface area (Å²) in [7, 11) is 0. The van der Waals surface area contributed by atoms with Crippen molar-refractivity contribution in [3.8, 4) is 0 Å². The normalized spacial score (nSPS) is 21.7. The Morgan fingerprint density at radius 3 is 3.14 bits per heavy atom. The van der Waals surface area contributed by atoms with Crippen molar-refractivity contribution in [3.63, 3.8) is 0 Å². The number of hydrogen-bond acceptors (Lipinski definition) is 4. The summed E-state index contributed by atoms with van der Waals surface area (Å²) in [6.07, 6.45) is 1.39. The molecule has 6 nitrogen and oxygen atoms in total. The van der Waals surface area contributed by atoms with E-state index in [-0.39, 0.29) is 18.6 Å². The van der Waals surface area contributed by atoms with Gasteiger partial charge in [-0.3, -0.25) is 9.89 Å². The second-order valence-electron chi connectivity index (χ2n) is 6.04. The lowest BCUT2D eigenvalue weighted by atomic mass is 10.0. The zero-order chi connectivity index (χ0) is 15.0. The molecule has 112 valence electrons. The summed E-state index contributed by atoms with van der Waals surface area (Å²) in [4.78, 5) is 14.4. The van der Waals surface area contributed by atoms with Gasteiger partial charge in [-0.05, 0) is 26.0 Å². The Kier molecular flexibility index (Phi) is 3.43. The maximum atomic E-state index is 12.7. The molecule has 1 aromatic heterocycles. The van der Waals surface area contributed by atoms with Gasteiger partial charge in [-0.2, -0.15) is 5.10 Å². The summed E-state index contributed by atoms with van der Waals surface area (Å²) in [5.74, 6) is -0.0543. The fraction of sp³-hybridized carbons (Fsp3) is 0.467. The van der Waals surface area contributed by atoms with E-state index in [2.05, 4.69) is 10.2 Å². The minimum Gasteiger partial charge on any atom is -0.394 e. The van der Waals surface area contributed by atoms with E-state index in [1.54, 1.807) is 23.2 Å². The van der Waals surface area contributed by atoms with E-state index in [4.69, 9.17) is 4.74 Å². The zero-order valence-corrected chi connectivity index (χ0v) is 12.2. The van der Waals surface area contributed by atoms with Gasteiger partial charge in [-0.15, -0.1) is 0 Å². The Balaban J connectivity index is 1.86. The number of aromatic nitrogens is 2. The molecule has 1 amide bonds. The molecule has 2 aromatic rings. The van der Waals surface area contributed by atoms with Gasteiger partial charge in [0, 0.05) is 24.0 Å². The maximum Gasteiger partial charge on any atom is 0.254 e. The Hall–Kier alpha value is -1.92. The molecule has 0 bridgehead atoms. The molecule has 0 radical (unpaired) electrons. The van der Waals surface area contributed by atoms with E-state index in [0.29, 0.717) is 18.7 Å². The molecule has 0 aliphatic carbocycles. The van der Waals surface area contributed by atoms with Crippen molar-refractivity contribution in [2.24, 2.45) is 0 Å². The highest BCUT2D eigenvalue weighted by Crippen LogP contribution is 2.23. The Morgan fingerprint density at radius 2 is 2.38 bits per heavy atom. The van der Waals surface area contributed by atoms with E-state index in [0.717, 1.165) is 10.9 Å². The van der Waals surface area contributed by atoms with Crippen molar-refractivity contribution < 1.29 is 14.6 Å². The van der Waals surface area contributed by atoms with Crippen molar-refractivity contribution in [2.75, 3.05) is 19.7 Å². The van der Waals surface area contributed by atoms with E-state index in [1.807, 2.05) is 19.9 Å². The maximum absolute atomic E-state index is 12.7. The van der Waals surface area contributed by atoms with Gasteiger partial charge in [0.05, 0.1) is 30.0 Å². The minimum atomic E-state index is -0.459. The molecule has 21 heavy (non-hydrogen) atoms. The van der Waals surface area contributed by atoms with Gasteiger partial charge in [0.25, 0.3) is 5.91 Å². The lowest BCUT2D eigenvalue weighted by Gasteiger charge is -2.42. The number of nitrogens with zero attached hydrogens (tertiary/aromatic N) is 2. The zero-order valence-electron chi connectivity index (χ0n) is 12.2. The first-order chi connectivity index (χ1) is 9.98. The van der Waals surface area contributed by atoms with Gasteiger partial charge in [-0.1, -0.05) is 6.07 Å². The van der Waals surface area contributed by atoms with Crippen LogP contribution in [-0.4, -0.2) is 57.5 Å². The highest BCUT2D eigenvalue weighted by molar-refractivity contribution is 5.97. The first-order valence-corrected chi connectivity index (χ1v) is 6.99. The van der Waals surface area contributed by atoms with Crippen LogP contribution in [0.4, 0.5) is 0 Å². The van der Waals surface area contributed by atoms with Crippen LogP contribution >= 0.6 is 0 Å². The second kappa shape index (κ2) is 5.13. The lowest BCUT2D eigenvalue weighted by molar-refractivity contribution is -0.139. The Morgan fingerprint density at radius 1 is 1.57 bits per heavy atom. The Bertz CT molecular complexity index is 665. The number of hydrogen-bond donors (Lipinski definition) is 2. The SMILES string of the molecule is CC1(C)CN(C(=O)c2ccc3cn[nH]c3c2)CC(CO)O1. The third-order valence-electron chi connectivity index (χ3n) is 3.66. The van der Waals surface area contributed by atoms with Crippen LogP contribution in [0.5, 0.6) is 0 Å². The molecule has 6 heteroatoms. The number of rotatable bonds is 2. The van der Waals surface area contributed by atoms with E-state index in [1.165, 1.54) is 0 Å². The van der Waals surface area contributed by atoms with Gasteiger partial charge in [0.15, 0.2) is 0 Å². The van der Waals surface area contributed by atoms with Gasteiger partial charge < -0.3 is 14.7 Å². The van der Waals surface area contributed by atoms with Crippen LogP contribution in [0.2, 0.25) is 0 Å². The number of aliphatic hydroxyl groups is 1. The largest absolute Gasteiger partial charge is 0.394 e. The number of morpholine rings is 1. The van der Waals surface area contributed by atoms with Gasteiger partial charge >= 0.3 is 0 Å². The number of H-pyrrole nitrogens is 1. The average molecular weight is 289 g/mol. The molecule has 3 rings (SSSR count). The molecule has 2 heterocycles. The summed E-state index contributed by atoms with van der Waals surface area (Å²) in [6.45, 7) is 4.66. The fourth-order valence-corrected chi connectivity index (χ4v) is 2.80. The van der Waals surface area contributed by atoms with Crippen LogP contribution in [0.15, 0.2) is 24.4 Å². The number of carbonyl (C=O) groups excluding carboxylic acids is 1. The molecule has 1 aromatic carbocycles. The van der Waals surface area contributed by atoms with Gasteiger partial charge in [-0.25, -0.2) is 0 Å². The average Bonchev–Trinajstić information content (AvgIpc) is 2.92. The van der Waals surface area contributed by atoms with Gasteiger partial charge in [0.2, 0.25) is 0 Å². The van der Waals surface area contributed by atoms with Crippen LogP contribution in [0.3, 0.4) is 0 Å². The van der Waals surface area contributed by atoms with Crippen molar-refractivity contribution in [1.29, 1.82) is 0 Å². The quantitative estimate of drug-likeness (QED) is 0.870. The minimum absolute atomic E-state index is 0.0543.